The summed E-state index contributed by atoms with van der Waals surface area (Å²) < 4.78 is 4.00. The van der Waals surface area contributed by atoms with Crippen molar-refractivity contribution in [2.45, 2.75) is 20.3 Å². The van der Waals surface area contributed by atoms with Crippen LogP contribution in [0.5, 0.6) is 0 Å². The molecule has 2 rings (SSSR count). The molecular formula is C15H24N2Y2+2. The number of pyridine rings is 2. The molecule has 0 fully saturated rings. The maximum absolute atomic E-state index is 2.12. The molecular weight excluding hydrogens is 386 g/mol. The molecule has 4 heteroatoms. The molecule has 0 aromatic carbocycles. The molecule has 0 saturated carbocycles. The Bertz CT molecular complexity index is 329. The summed E-state index contributed by atoms with van der Waals surface area (Å²) in [4.78, 5) is 0. The first-order valence-electron chi connectivity index (χ1n) is 6.01. The number of nitrogens with zero attached hydrogens (tertiary/aromatic N) is 2. The third-order valence-corrected chi connectivity index (χ3v) is 1.73. The van der Waals surface area contributed by atoms with E-state index < -0.39 is 0 Å². The van der Waals surface area contributed by atoms with E-state index in [1.165, 1.54) is 6.42 Å². The van der Waals surface area contributed by atoms with Gasteiger partial charge in [0.1, 0.15) is 14.1 Å². The minimum absolute atomic E-state index is 0. The summed E-state index contributed by atoms with van der Waals surface area (Å²) in [7, 11) is 4.00. The molecule has 0 spiro atoms. The minimum atomic E-state index is 0. The van der Waals surface area contributed by atoms with Crippen molar-refractivity contribution in [1.82, 2.24) is 0 Å². The van der Waals surface area contributed by atoms with Crippen LogP contribution in [0.2, 0.25) is 0 Å². The van der Waals surface area contributed by atoms with Crippen molar-refractivity contribution in [1.29, 1.82) is 0 Å². The van der Waals surface area contributed by atoms with Crippen LogP contribution < -0.4 is 9.13 Å². The summed E-state index contributed by atoms with van der Waals surface area (Å²) in [5.74, 6) is 0. The molecule has 98 valence electrons. The molecule has 2 aromatic rings. The van der Waals surface area contributed by atoms with Gasteiger partial charge in [-0.25, -0.2) is 9.13 Å². The molecule has 0 aliphatic rings. The Labute approximate surface area is 168 Å². The molecule has 0 aliphatic carbocycles. The molecule has 0 atom stereocenters. The molecule has 0 unspecified atom stereocenters. The van der Waals surface area contributed by atoms with Crippen molar-refractivity contribution >= 4 is 0 Å². The predicted octanol–water partition coefficient (Wildman–Crippen LogP) is 2.43. The molecule has 0 bridgehead atoms. The first-order valence-corrected chi connectivity index (χ1v) is 6.01. The number of aromatic nitrogens is 2. The van der Waals surface area contributed by atoms with Crippen LogP contribution in [0.4, 0.5) is 0 Å². The van der Waals surface area contributed by atoms with Gasteiger partial charge in [0, 0.05) is 89.7 Å². The zero-order chi connectivity index (χ0) is 12.9. The first kappa shape index (κ1) is 24.5. The summed E-state index contributed by atoms with van der Waals surface area (Å²) in [6.07, 6.45) is 9.25. The molecule has 2 aromatic heterocycles. The van der Waals surface area contributed by atoms with Crippen molar-refractivity contribution in [3.63, 3.8) is 0 Å². The van der Waals surface area contributed by atoms with E-state index in [0.717, 1.165) is 0 Å². The topological polar surface area (TPSA) is 7.76 Å². The predicted molar refractivity (Wildman–Crippen MR) is 71.2 cm³/mol. The van der Waals surface area contributed by atoms with Crippen molar-refractivity contribution in [3.8, 4) is 0 Å². The van der Waals surface area contributed by atoms with Gasteiger partial charge in [0.25, 0.3) is 0 Å². The summed E-state index contributed by atoms with van der Waals surface area (Å²) >= 11 is 0. The maximum atomic E-state index is 2.12. The number of hydrogen-bond donors (Lipinski definition) is 0. The largest absolute Gasteiger partial charge is 0.208 e. The van der Waals surface area contributed by atoms with E-state index in [9.17, 15) is 0 Å². The number of rotatable bonds is 0. The molecule has 0 amide bonds. The Morgan fingerprint density at radius 2 is 0.789 bits per heavy atom. The SMILES string of the molecule is CCC.C[n+]1ccccc1.C[n+]1ccccc1.[Y].[Y]. The van der Waals surface area contributed by atoms with Gasteiger partial charge in [-0.05, 0) is 0 Å². The van der Waals surface area contributed by atoms with Crippen LogP contribution in [0.1, 0.15) is 20.3 Å². The van der Waals surface area contributed by atoms with Crippen LogP contribution in [0.25, 0.3) is 0 Å². The minimum Gasteiger partial charge on any atom is -0.208 e. The molecule has 2 nitrogen and oxygen atoms in total. The zero-order valence-corrected chi connectivity index (χ0v) is 18.2. The average Bonchev–Trinajstić information content (AvgIpc) is 2.33. The molecule has 19 heavy (non-hydrogen) atoms. The van der Waals surface area contributed by atoms with E-state index in [4.69, 9.17) is 0 Å². The van der Waals surface area contributed by atoms with Gasteiger partial charge in [-0.2, -0.15) is 0 Å². The average molecular weight is 410 g/mol. The maximum Gasteiger partial charge on any atom is 0.168 e. The van der Waals surface area contributed by atoms with Gasteiger partial charge >= 0.3 is 0 Å². The fourth-order valence-electron chi connectivity index (χ4n) is 0.969. The Morgan fingerprint density at radius 1 is 0.579 bits per heavy atom. The standard InChI is InChI=1S/2C6H8N.C3H8.2Y/c2*1-7-5-3-2-4-6-7;1-3-2;;/h2*2-6H,1H3;3H2,1-2H3;;/q2*+1;;;. The Kier molecular flexibility index (Phi) is 23.9. The summed E-state index contributed by atoms with van der Waals surface area (Å²) in [6.45, 7) is 4.25. The van der Waals surface area contributed by atoms with E-state index in [1.54, 1.807) is 0 Å². The van der Waals surface area contributed by atoms with Crippen LogP contribution in [-0.2, 0) is 79.5 Å². The van der Waals surface area contributed by atoms with Crippen LogP contribution in [0.15, 0.2) is 61.2 Å². The fourth-order valence-corrected chi connectivity index (χ4v) is 0.969. The smallest absolute Gasteiger partial charge is 0.168 e. The normalized spacial score (nSPS) is 7.37. The molecule has 0 N–H and O–H groups in total. The number of aryl methyl sites for hydroxylation is 2. The summed E-state index contributed by atoms with van der Waals surface area (Å²) in [5, 5.41) is 0. The van der Waals surface area contributed by atoms with Crippen molar-refractivity contribution in [2.24, 2.45) is 14.1 Å². The van der Waals surface area contributed by atoms with Crippen molar-refractivity contribution in [3.05, 3.63) is 61.2 Å². The van der Waals surface area contributed by atoms with Gasteiger partial charge in [0.15, 0.2) is 24.8 Å². The van der Waals surface area contributed by atoms with Gasteiger partial charge in [-0.15, -0.1) is 0 Å². The second-order valence-corrected chi connectivity index (χ2v) is 3.79. The molecule has 2 heterocycles. The van der Waals surface area contributed by atoms with E-state index in [2.05, 4.69) is 13.8 Å². The molecule has 0 saturated heterocycles. The monoisotopic (exact) mass is 410 g/mol. The van der Waals surface area contributed by atoms with Crippen LogP contribution in [-0.4, -0.2) is 0 Å². The van der Waals surface area contributed by atoms with E-state index in [0.29, 0.717) is 0 Å². The molecule has 0 aliphatic heterocycles. The summed E-state index contributed by atoms with van der Waals surface area (Å²) in [6, 6.07) is 12.0. The third-order valence-electron chi connectivity index (χ3n) is 1.73. The Hall–Kier alpha value is 0.508. The van der Waals surface area contributed by atoms with Crippen molar-refractivity contribution < 1.29 is 74.6 Å². The number of hydrogen-bond acceptors (Lipinski definition) is 0. The zero-order valence-electron chi connectivity index (χ0n) is 12.5. The van der Waals surface area contributed by atoms with E-state index >= 15 is 0 Å². The van der Waals surface area contributed by atoms with Crippen LogP contribution in [0, 0.1) is 0 Å². The van der Waals surface area contributed by atoms with Gasteiger partial charge in [0.05, 0.1) is 0 Å². The first-order chi connectivity index (χ1) is 8.20. The second kappa shape index (κ2) is 18.5. The molecule has 2 radical (unpaired) electrons. The van der Waals surface area contributed by atoms with Gasteiger partial charge in [0.2, 0.25) is 0 Å². The fraction of sp³-hybridized carbons (Fsp3) is 0.333. The van der Waals surface area contributed by atoms with Gasteiger partial charge in [-0.3, -0.25) is 0 Å². The second-order valence-electron chi connectivity index (χ2n) is 3.79. The Balaban J connectivity index is -0.000000207. The van der Waals surface area contributed by atoms with E-state index in [-0.39, 0.29) is 65.4 Å². The van der Waals surface area contributed by atoms with Crippen LogP contribution >= 0.6 is 0 Å². The van der Waals surface area contributed by atoms with Crippen LogP contribution in [0.3, 0.4) is 0 Å². The quantitative estimate of drug-likeness (QED) is 0.590. The summed E-state index contributed by atoms with van der Waals surface area (Å²) in [5.41, 5.74) is 0. The van der Waals surface area contributed by atoms with Gasteiger partial charge < -0.3 is 0 Å². The van der Waals surface area contributed by atoms with Gasteiger partial charge in [-0.1, -0.05) is 32.4 Å². The van der Waals surface area contributed by atoms with Crippen molar-refractivity contribution in [2.75, 3.05) is 0 Å². The van der Waals surface area contributed by atoms with E-state index in [1.807, 2.05) is 84.4 Å². The Morgan fingerprint density at radius 3 is 0.895 bits per heavy atom. The third kappa shape index (κ3) is 18.5.